The van der Waals surface area contributed by atoms with Crippen LogP contribution in [0, 0.1) is 11.7 Å². The van der Waals surface area contributed by atoms with E-state index in [4.69, 9.17) is 0 Å². The van der Waals surface area contributed by atoms with Gasteiger partial charge >= 0.3 is 0 Å². The van der Waals surface area contributed by atoms with Crippen LogP contribution in [-0.2, 0) is 4.79 Å². The Morgan fingerprint density at radius 3 is 2.46 bits per heavy atom. The fourth-order valence-corrected chi connectivity index (χ4v) is 3.00. The third-order valence-corrected chi connectivity index (χ3v) is 4.86. The number of halogens is 1. The molecule has 2 aromatic rings. The van der Waals surface area contributed by atoms with Gasteiger partial charge < -0.3 is 5.32 Å². The Balaban J connectivity index is 2.25. The number of benzene rings is 1. The van der Waals surface area contributed by atoms with Crippen LogP contribution in [0.1, 0.15) is 32.6 Å². The van der Waals surface area contributed by atoms with Crippen LogP contribution < -0.4 is 5.32 Å². The fraction of sp³-hybridized carbons (Fsp3) is 0.500. The van der Waals surface area contributed by atoms with Crippen molar-refractivity contribution in [1.82, 2.24) is 25.0 Å². The van der Waals surface area contributed by atoms with Gasteiger partial charge in [0.2, 0.25) is 5.91 Å². The van der Waals surface area contributed by atoms with Crippen LogP contribution in [0.15, 0.2) is 29.4 Å². The fourth-order valence-electron chi connectivity index (χ4n) is 2.21. The van der Waals surface area contributed by atoms with Gasteiger partial charge in [0.15, 0.2) is 11.0 Å². The Morgan fingerprint density at radius 2 is 1.88 bits per heavy atom. The molecule has 8 heteroatoms. The monoisotopic (exact) mass is 379 g/mol. The number of hydrogen-bond acceptors (Lipinski definition) is 5. The number of amides is 1. The summed E-state index contributed by atoms with van der Waals surface area (Å²) in [5.41, 5.74) is 0.769. The third kappa shape index (κ3) is 5.28. The molecule has 6 nitrogen and oxygen atoms in total. The van der Waals surface area contributed by atoms with Crippen LogP contribution in [0.4, 0.5) is 4.39 Å². The Labute approximate surface area is 158 Å². The summed E-state index contributed by atoms with van der Waals surface area (Å²) in [5.74, 6) is 1.06. The molecule has 0 aliphatic rings. The van der Waals surface area contributed by atoms with Crippen LogP contribution in [0.5, 0.6) is 0 Å². The molecular weight excluding hydrogens is 353 g/mol. The van der Waals surface area contributed by atoms with Gasteiger partial charge in [-0.1, -0.05) is 25.6 Å². The lowest BCUT2D eigenvalue weighted by atomic mass is 10.2. The van der Waals surface area contributed by atoms with Crippen molar-refractivity contribution < 1.29 is 9.18 Å². The van der Waals surface area contributed by atoms with Crippen LogP contribution in [0.25, 0.3) is 5.69 Å². The predicted octanol–water partition coefficient (Wildman–Crippen LogP) is 2.89. The SMILES string of the molecule is CC(C)CNC(=O)CSc1nnc([C@H](C)N(C)C)n1-c1ccc(F)cc1. The highest BCUT2D eigenvalue weighted by molar-refractivity contribution is 7.99. The van der Waals surface area contributed by atoms with Crippen LogP contribution in [-0.4, -0.2) is 52.0 Å². The summed E-state index contributed by atoms with van der Waals surface area (Å²) in [5, 5.41) is 12.1. The van der Waals surface area contributed by atoms with E-state index in [0.717, 1.165) is 11.5 Å². The average Bonchev–Trinajstić information content (AvgIpc) is 3.01. The van der Waals surface area contributed by atoms with E-state index in [1.54, 1.807) is 12.1 Å². The van der Waals surface area contributed by atoms with Gasteiger partial charge in [0.25, 0.3) is 0 Å². The quantitative estimate of drug-likeness (QED) is 0.715. The largest absolute Gasteiger partial charge is 0.355 e. The highest BCUT2D eigenvalue weighted by Crippen LogP contribution is 2.26. The summed E-state index contributed by atoms with van der Waals surface area (Å²) >= 11 is 1.32. The molecule has 26 heavy (non-hydrogen) atoms. The number of nitrogens with one attached hydrogen (secondary N) is 1. The van der Waals surface area contributed by atoms with Gasteiger partial charge in [0, 0.05) is 12.2 Å². The molecule has 1 N–H and O–H groups in total. The number of rotatable bonds is 8. The summed E-state index contributed by atoms with van der Waals surface area (Å²) in [6, 6.07) is 6.20. The summed E-state index contributed by atoms with van der Waals surface area (Å²) in [6.07, 6.45) is 0. The molecule has 142 valence electrons. The van der Waals surface area contributed by atoms with E-state index >= 15 is 0 Å². The first-order valence-corrected chi connectivity index (χ1v) is 9.55. The molecule has 1 aromatic heterocycles. The highest BCUT2D eigenvalue weighted by Gasteiger charge is 2.21. The van der Waals surface area contributed by atoms with E-state index in [9.17, 15) is 9.18 Å². The first-order chi connectivity index (χ1) is 12.3. The van der Waals surface area contributed by atoms with Crippen molar-refractivity contribution in [3.05, 3.63) is 35.9 Å². The van der Waals surface area contributed by atoms with E-state index < -0.39 is 0 Å². The van der Waals surface area contributed by atoms with Gasteiger partial charge in [0.05, 0.1) is 11.8 Å². The lowest BCUT2D eigenvalue weighted by molar-refractivity contribution is -0.118. The maximum Gasteiger partial charge on any atom is 0.230 e. The Kier molecular flexibility index (Phi) is 7.16. The summed E-state index contributed by atoms with van der Waals surface area (Å²) in [7, 11) is 3.92. The van der Waals surface area contributed by atoms with Crippen molar-refractivity contribution in [1.29, 1.82) is 0 Å². The van der Waals surface area contributed by atoms with Crippen molar-refractivity contribution in [2.75, 3.05) is 26.4 Å². The molecule has 2 rings (SSSR count). The number of carbonyl (C=O) groups is 1. The molecule has 0 saturated carbocycles. The molecule has 0 radical (unpaired) electrons. The maximum absolute atomic E-state index is 13.3. The molecular formula is C18H26FN5OS. The maximum atomic E-state index is 13.3. The van der Waals surface area contributed by atoms with Gasteiger partial charge in [-0.3, -0.25) is 14.3 Å². The molecule has 0 bridgehead atoms. The minimum Gasteiger partial charge on any atom is -0.355 e. The zero-order valence-corrected chi connectivity index (χ0v) is 16.7. The van der Waals surface area contributed by atoms with Gasteiger partial charge in [0.1, 0.15) is 5.82 Å². The molecule has 0 spiro atoms. The second-order valence-electron chi connectivity index (χ2n) is 6.78. The number of hydrogen-bond donors (Lipinski definition) is 1. The topological polar surface area (TPSA) is 63.1 Å². The van der Waals surface area contributed by atoms with Gasteiger partial charge in [-0.15, -0.1) is 10.2 Å². The zero-order valence-electron chi connectivity index (χ0n) is 15.9. The number of nitrogens with zero attached hydrogens (tertiary/aromatic N) is 4. The van der Waals surface area contributed by atoms with Crippen LogP contribution in [0.2, 0.25) is 0 Å². The lowest BCUT2D eigenvalue weighted by Gasteiger charge is -2.20. The molecule has 0 aliphatic heterocycles. The Hall–Kier alpha value is -1.93. The summed E-state index contributed by atoms with van der Waals surface area (Å²) in [4.78, 5) is 14.0. The second kappa shape index (κ2) is 9.14. The standard InChI is InChI=1S/C18H26FN5OS/c1-12(2)10-20-16(25)11-26-18-22-21-17(13(3)23(4)5)24(18)15-8-6-14(19)7-9-15/h6-9,12-13H,10-11H2,1-5H3,(H,20,25)/t13-/m0/s1. The van der Waals surface area contributed by atoms with E-state index in [2.05, 4.69) is 15.5 Å². The molecule has 1 aromatic carbocycles. The normalized spacial score (nSPS) is 12.6. The second-order valence-corrected chi connectivity index (χ2v) is 7.72. The smallest absolute Gasteiger partial charge is 0.230 e. The van der Waals surface area contributed by atoms with Crippen molar-refractivity contribution in [2.45, 2.75) is 32.0 Å². The van der Waals surface area contributed by atoms with Gasteiger partial charge in [-0.05, 0) is 51.2 Å². The minimum absolute atomic E-state index is 0.0108. The predicted molar refractivity (Wildman–Crippen MR) is 102 cm³/mol. The summed E-state index contributed by atoms with van der Waals surface area (Å²) in [6.45, 7) is 6.77. The van der Waals surface area contributed by atoms with Crippen molar-refractivity contribution >= 4 is 17.7 Å². The zero-order chi connectivity index (χ0) is 19.3. The highest BCUT2D eigenvalue weighted by atomic mass is 32.2. The van der Waals surface area contributed by atoms with E-state index in [1.165, 1.54) is 23.9 Å². The summed E-state index contributed by atoms with van der Waals surface area (Å²) < 4.78 is 15.2. The minimum atomic E-state index is -0.300. The van der Waals surface area contributed by atoms with Gasteiger partial charge in [-0.25, -0.2) is 4.39 Å². The van der Waals surface area contributed by atoms with Crippen molar-refractivity contribution in [3.8, 4) is 5.69 Å². The molecule has 1 amide bonds. The molecule has 1 heterocycles. The molecule has 0 fully saturated rings. The lowest BCUT2D eigenvalue weighted by Crippen LogP contribution is -2.28. The number of thioether (sulfide) groups is 1. The molecule has 1 atom stereocenters. The average molecular weight is 380 g/mol. The van der Waals surface area contributed by atoms with Crippen LogP contribution >= 0.6 is 11.8 Å². The first kappa shape index (κ1) is 20.4. The third-order valence-electron chi connectivity index (χ3n) is 3.93. The molecule has 0 unspecified atom stereocenters. The first-order valence-electron chi connectivity index (χ1n) is 8.56. The van der Waals surface area contributed by atoms with Crippen molar-refractivity contribution in [3.63, 3.8) is 0 Å². The van der Waals surface area contributed by atoms with E-state index in [1.807, 2.05) is 44.3 Å². The number of aromatic nitrogens is 3. The number of carbonyl (C=O) groups excluding carboxylic acids is 1. The van der Waals surface area contributed by atoms with Crippen LogP contribution in [0.3, 0.4) is 0 Å². The Bertz CT molecular complexity index is 730. The van der Waals surface area contributed by atoms with E-state index in [0.29, 0.717) is 17.6 Å². The Morgan fingerprint density at radius 1 is 1.23 bits per heavy atom. The van der Waals surface area contributed by atoms with E-state index in [-0.39, 0.29) is 23.5 Å². The van der Waals surface area contributed by atoms with Gasteiger partial charge in [-0.2, -0.15) is 0 Å². The van der Waals surface area contributed by atoms with Crippen molar-refractivity contribution in [2.24, 2.45) is 5.92 Å². The molecule has 0 saturated heterocycles. The molecule has 0 aliphatic carbocycles.